The molecule has 3 aromatic rings. The van der Waals surface area contributed by atoms with E-state index < -0.39 is 40.1 Å². The van der Waals surface area contributed by atoms with Crippen molar-refractivity contribution in [2.24, 2.45) is 0 Å². The molecule has 164 valence electrons. The molecule has 0 aliphatic rings. The molecule has 0 aromatic heterocycles. The molecule has 0 aliphatic carbocycles. The van der Waals surface area contributed by atoms with Crippen LogP contribution in [0.2, 0.25) is 0 Å². The van der Waals surface area contributed by atoms with Gasteiger partial charge in [0, 0.05) is 5.56 Å². The summed E-state index contributed by atoms with van der Waals surface area (Å²) in [6, 6.07) is 9.23. The van der Waals surface area contributed by atoms with Gasteiger partial charge in [-0.1, -0.05) is 31.9 Å². The number of benzene rings is 3. The molecule has 0 saturated carbocycles. The van der Waals surface area contributed by atoms with Crippen molar-refractivity contribution in [1.82, 2.24) is 0 Å². The van der Waals surface area contributed by atoms with Gasteiger partial charge in [0.2, 0.25) is 0 Å². The van der Waals surface area contributed by atoms with Crippen molar-refractivity contribution in [2.45, 2.75) is 39.5 Å². The summed E-state index contributed by atoms with van der Waals surface area (Å²) >= 11 is 0. The molecule has 0 amide bonds. The normalized spacial score (nSPS) is 12.2. The smallest absolute Gasteiger partial charge is 0.170 e. The SMILES string of the molecule is CCCCCc1ccc2cc(C(F)=C(F)c3ccc(OCC)cc3)c(F)c(F)c2c1F. The fourth-order valence-electron chi connectivity index (χ4n) is 3.45. The third-order valence-electron chi connectivity index (χ3n) is 5.10. The predicted octanol–water partition coefficient (Wildman–Crippen LogP) is 8.15. The van der Waals surface area contributed by atoms with Crippen LogP contribution in [0.5, 0.6) is 5.75 Å². The Kier molecular flexibility index (Phi) is 7.31. The summed E-state index contributed by atoms with van der Waals surface area (Å²) in [4.78, 5) is 0. The van der Waals surface area contributed by atoms with Crippen molar-refractivity contribution in [1.29, 1.82) is 0 Å². The number of unbranched alkanes of at least 4 members (excludes halogenated alkanes) is 2. The maximum Gasteiger partial charge on any atom is 0.170 e. The molecule has 0 saturated heterocycles. The van der Waals surface area contributed by atoms with E-state index in [1.807, 2.05) is 6.92 Å². The van der Waals surface area contributed by atoms with Crippen molar-refractivity contribution in [3.05, 3.63) is 76.6 Å². The average molecular weight is 434 g/mol. The zero-order chi connectivity index (χ0) is 22.5. The summed E-state index contributed by atoms with van der Waals surface area (Å²) in [7, 11) is 0. The average Bonchev–Trinajstić information content (AvgIpc) is 2.77. The third-order valence-corrected chi connectivity index (χ3v) is 5.10. The van der Waals surface area contributed by atoms with Crippen molar-refractivity contribution in [3.8, 4) is 5.75 Å². The lowest BCUT2D eigenvalue weighted by atomic mass is 9.98. The summed E-state index contributed by atoms with van der Waals surface area (Å²) in [6.07, 6.45) is 2.92. The Hall–Kier alpha value is -2.89. The van der Waals surface area contributed by atoms with Crippen LogP contribution in [0, 0.1) is 17.5 Å². The second-order valence-electron chi connectivity index (χ2n) is 7.23. The van der Waals surface area contributed by atoms with Gasteiger partial charge in [-0.3, -0.25) is 0 Å². The van der Waals surface area contributed by atoms with E-state index in [-0.39, 0.29) is 16.5 Å². The van der Waals surface area contributed by atoms with Crippen LogP contribution in [0.25, 0.3) is 22.4 Å². The van der Waals surface area contributed by atoms with E-state index in [2.05, 4.69) is 0 Å². The van der Waals surface area contributed by atoms with Crippen LogP contribution < -0.4 is 4.74 Å². The lowest BCUT2D eigenvalue weighted by Gasteiger charge is -2.11. The van der Waals surface area contributed by atoms with Gasteiger partial charge >= 0.3 is 0 Å². The topological polar surface area (TPSA) is 9.23 Å². The second kappa shape index (κ2) is 9.94. The van der Waals surface area contributed by atoms with Crippen LogP contribution in [-0.4, -0.2) is 6.61 Å². The van der Waals surface area contributed by atoms with E-state index in [4.69, 9.17) is 4.74 Å². The van der Waals surface area contributed by atoms with Gasteiger partial charge < -0.3 is 4.74 Å². The highest BCUT2D eigenvalue weighted by molar-refractivity contribution is 5.91. The summed E-state index contributed by atoms with van der Waals surface area (Å²) in [5.41, 5.74) is -0.781. The second-order valence-corrected chi connectivity index (χ2v) is 7.23. The monoisotopic (exact) mass is 434 g/mol. The van der Waals surface area contributed by atoms with Gasteiger partial charge in [-0.2, -0.15) is 0 Å². The molecule has 0 unspecified atom stereocenters. The standard InChI is InChI=1S/C25H23F5O/c1-3-5-6-7-15-8-9-17-14-19(24(29)25(30)20(17)21(15)26)23(28)22(27)16-10-12-18(13-11-16)31-4-2/h8-14H,3-7H2,1-2H3. The van der Waals surface area contributed by atoms with Crippen molar-refractivity contribution < 1.29 is 26.7 Å². The zero-order valence-corrected chi connectivity index (χ0v) is 17.4. The van der Waals surface area contributed by atoms with Crippen LogP contribution in [-0.2, 0) is 6.42 Å². The van der Waals surface area contributed by atoms with E-state index in [0.717, 1.165) is 18.9 Å². The highest BCUT2D eigenvalue weighted by Crippen LogP contribution is 2.36. The van der Waals surface area contributed by atoms with Gasteiger partial charge in [-0.25, -0.2) is 22.0 Å². The largest absolute Gasteiger partial charge is 0.494 e. The Balaban J connectivity index is 2.04. The highest BCUT2D eigenvalue weighted by atomic mass is 19.2. The van der Waals surface area contributed by atoms with Crippen LogP contribution in [0.15, 0.2) is 42.5 Å². The molecule has 3 rings (SSSR count). The third kappa shape index (κ3) is 4.73. The van der Waals surface area contributed by atoms with Gasteiger partial charge in [0.05, 0.1) is 17.6 Å². The van der Waals surface area contributed by atoms with Crippen LogP contribution in [0.3, 0.4) is 0 Å². The molecule has 1 nitrogen and oxygen atoms in total. The van der Waals surface area contributed by atoms with E-state index in [9.17, 15) is 22.0 Å². The molecular weight excluding hydrogens is 411 g/mol. The molecule has 0 heterocycles. The Morgan fingerprint density at radius 3 is 2.16 bits per heavy atom. The molecule has 0 N–H and O–H groups in total. The molecule has 0 fully saturated rings. The summed E-state index contributed by atoms with van der Waals surface area (Å²) < 4.78 is 78.8. The van der Waals surface area contributed by atoms with Gasteiger partial charge in [0.25, 0.3) is 0 Å². The van der Waals surface area contributed by atoms with Gasteiger partial charge in [-0.15, -0.1) is 0 Å². The summed E-state index contributed by atoms with van der Waals surface area (Å²) in [5.74, 6) is -6.47. The molecule has 0 atom stereocenters. The van der Waals surface area contributed by atoms with Gasteiger partial charge in [-0.05, 0) is 61.0 Å². The number of fused-ring (bicyclic) bond motifs is 1. The lowest BCUT2D eigenvalue weighted by Crippen LogP contribution is -2.00. The van der Waals surface area contributed by atoms with Gasteiger partial charge in [0.15, 0.2) is 23.3 Å². The molecule has 0 spiro atoms. The Labute approximate surface area is 178 Å². The van der Waals surface area contributed by atoms with Crippen molar-refractivity contribution >= 4 is 22.4 Å². The van der Waals surface area contributed by atoms with Crippen molar-refractivity contribution in [2.75, 3.05) is 6.61 Å². The number of aryl methyl sites for hydroxylation is 1. The fourth-order valence-corrected chi connectivity index (χ4v) is 3.45. The number of halogens is 5. The first-order valence-electron chi connectivity index (χ1n) is 10.3. The molecule has 3 aromatic carbocycles. The predicted molar refractivity (Wildman–Crippen MR) is 114 cm³/mol. The van der Waals surface area contributed by atoms with E-state index in [0.29, 0.717) is 25.2 Å². The number of rotatable bonds is 8. The highest BCUT2D eigenvalue weighted by Gasteiger charge is 2.23. The first-order valence-corrected chi connectivity index (χ1v) is 10.3. The number of ether oxygens (including phenoxy) is 1. The Morgan fingerprint density at radius 2 is 1.52 bits per heavy atom. The maximum atomic E-state index is 14.8. The van der Waals surface area contributed by atoms with E-state index >= 15 is 0 Å². The minimum Gasteiger partial charge on any atom is -0.494 e. The van der Waals surface area contributed by atoms with E-state index in [1.165, 1.54) is 36.4 Å². The van der Waals surface area contributed by atoms with Crippen LogP contribution in [0.1, 0.15) is 49.8 Å². The molecular formula is C25H23F5O. The maximum absolute atomic E-state index is 14.8. The lowest BCUT2D eigenvalue weighted by molar-refractivity contribution is 0.340. The Bertz CT molecular complexity index is 1100. The van der Waals surface area contributed by atoms with Crippen LogP contribution >= 0.6 is 0 Å². The molecule has 0 bridgehead atoms. The first kappa shape index (κ1) is 22.8. The van der Waals surface area contributed by atoms with Crippen LogP contribution in [0.4, 0.5) is 22.0 Å². The zero-order valence-electron chi connectivity index (χ0n) is 17.4. The minimum atomic E-state index is -1.63. The van der Waals surface area contributed by atoms with E-state index in [1.54, 1.807) is 6.92 Å². The Morgan fingerprint density at radius 1 is 0.806 bits per heavy atom. The number of hydrogen-bond acceptors (Lipinski definition) is 1. The molecule has 0 aliphatic heterocycles. The molecule has 31 heavy (non-hydrogen) atoms. The summed E-state index contributed by atoms with van der Waals surface area (Å²) in [5, 5.41) is -0.593. The quantitative estimate of drug-likeness (QED) is 0.197. The van der Waals surface area contributed by atoms with Gasteiger partial charge in [0.1, 0.15) is 11.6 Å². The minimum absolute atomic E-state index is 0.0414. The number of hydrogen-bond donors (Lipinski definition) is 0. The molecule has 0 radical (unpaired) electrons. The first-order chi connectivity index (χ1) is 14.9. The summed E-state index contributed by atoms with van der Waals surface area (Å²) in [6.45, 7) is 4.19. The van der Waals surface area contributed by atoms with Crippen molar-refractivity contribution in [3.63, 3.8) is 0 Å². The fraction of sp³-hybridized carbons (Fsp3) is 0.280. The molecule has 6 heteroatoms.